The van der Waals surface area contributed by atoms with Gasteiger partial charge in [-0.05, 0) is 5.56 Å². The molecule has 0 aromatic heterocycles. The zero-order chi connectivity index (χ0) is 15.5. The van der Waals surface area contributed by atoms with Gasteiger partial charge >= 0.3 is 11.9 Å². The first-order chi connectivity index (χ1) is 9.93. The van der Waals surface area contributed by atoms with Gasteiger partial charge in [0.1, 0.15) is 6.61 Å². The van der Waals surface area contributed by atoms with E-state index in [9.17, 15) is 18.4 Å². The average molecular weight is 298 g/mol. The number of methoxy groups -OCH3 is 1. The Balaban J connectivity index is 2.01. The van der Waals surface area contributed by atoms with E-state index in [1.807, 2.05) is 6.07 Å². The predicted octanol–water partition coefficient (Wildman–Crippen LogP) is 2.56. The smallest absolute Gasteiger partial charge is 0.310 e. The molecule has 2 rings (SSSR count). The summed E-state index contributed by atoms with van der Waals surface area (Å²) in [5, 5.41) is 0. The Morgan fingerprint density at radius 2 is 1.71 bits per heavy atom. The van der Waals surface area contributed by atoms with Crippen molar-refractivity contribution in [1.29, 1.82) is 0 Å². The van der Waals surface area contributed by atoms with Crippen LogP contribution in [0.25, 0.3) is 0 Å². The van der Waals surface area contributed by atoms with Gasteiger partial charge < -0.3 is 9.47 Å². The molecule has 0 bridgehead atoms. The second kappa shape index (κ2) is 6.20. The minimum Gasteiger partial charge on any atom is -0.469 e. The van der Waals surface area contributed by atoms with E-state index < -0.39 is 42.5 Å². The number of hydrogen-bond acceptors (Lipinski definition) is 4. The van der Waals surface area contributed by atoms with E-state index in [2.05, 4.69) is 4.74 Å². The average Bonchev–Trinajstić information content (AvgIpc) is 2.81. The van der Waals surface area contributed by atoms with Gasteiger partial charge in [-0.2, -0.15) is 0 Å². The van der Waals surface area contributed by atoms with Crippen molar-refractivity contribution in [3.8, 4) is 0 Å². The lowest BCUT2D eigenvalue weighted by Gasteiger charge is -2.15. The molecule has 1 aromatic rings. The van der Waals surface area contributed by atoms with Gasteiger partial charge in [-0.1, -0.05) is 30.3 Å². The standard InChI is InChI=1S/C15H16F2O4/c1-20-13(18)11-7-15(16,17)8-12(11)14(19)21-9-10-5-3-2-4-6-10/h2-6,11-12H,7-9H2,1H3. The van der Waals surface area contributed by atoms with Crippen molar-refractivity contribution in [2.24, 2.45) is 11.8 Å². The maximum atomic E-state index is 13.4. The third-order valence-electron chi connectivity index (χ3n) is 3.55. The van der Waals surface area contributed by atoms with Crippen LogP contribution in [0.5, 0.6) is 0 Å². The Bertz CT molecular complexity index is 516. The molecule has 0 N–H and O–H groups in total. The predicted molar refractivity (Wildman–Crippen MR) is 69.4 cm³/mol. The summed E-state index contributed by atoms with van der Waals surface area (Å²) < 4.78 is 36.4. The van der Waals surface area contributed by atoms with Crippen molar-refractivity contribution in [2.45, 2.75) is 25.4 Å². The Morgan fingerprint density at radius 1 is 1.14 bits per heavy atom. The number of halogens is 2. The molecule has 1 aliphatic rings. The van der Waals surface area contributed by atoms with Crippen molar-refractivity contribution >= 4 is 11.9 Å². The Labute approximate surface area is 121 Å². The maximum absolute atomic E-state index is 13.4. The summed E-state index contributed by atoms with van der Waals surface area (Å²) in [7, 11) is 1.12. The van der Waals surface area contributed by atoms with E-state index in [4.69, 9.17) is 4.74 Å². The van der Waals surface area contributed by atoms with Gasteiger partial charge in [0.15, 0.2) is 0 Å². The lowest BCUT2D eigenvalue weighted by molar-refractivity contribution is -0.158. The quantitative estimate of drug-likeness (QED) is 0.802. The molecule has 4 nitrogen and oxygen atoms in total. The summed E-state index contributed by atoms with van der Waals surface area (Å²) in [6.45, 7) is -0.00433. The van der Waals surface area contributed by atoms with Crippen LogP contribution in [0.2, 0.25) is 0 Å². The molecular formula is C15H16F2O4. The summed E-state index contributed by atoms with van der Waals surface area (Å²) in [6.07, 6.45) is -1.36. The monoisotopic (exact) mass is 298 g/mol. The number of ether oxygens (including phenoxy) is 2. The van der Waals surface area contributed by atoms with Crippen molar-refractivity contribution in [1.82, 2.24) is 0 Å². The van der Waals surface area contributed by atoms with Crippen LogP contribution in [0.15, 0.2) is 30.3 Å². The number of carbonyl (C=O) groups excluding carboxylic acids is 2. The molecule has 0 spiro atoms. The highest BCUT2D eigenvalue weighted by atomic mass is 19.3. The highest BCUT2D eigenvalue weighted by Gasteiger charge is 2.53. The molecule has 1 aromatic carbocycles. The topological polar surface area (TPSA) is 52.6 Å². The molecule has 0 saturated heterocycles. The van der Waals surface area contributed by atoms with Crippen molar-refractivity contribution in [2.75, 3.05) is 7.11 Å². The van der Waals surface area contributed by atoms with E-state index in [1.165, 1.54) is 0 Å². The second-order valence-electron chi connectivity index (χ2n) is 5.09. The van der Waals surface area contributed by atoms with Gasteiger partial charge in [0.25, 0.3) is 0 Å². The van der Waals surface area contributed by atoms with E-state index in [-0.39, 0.29) is 6.61 Å². The zero-order valence-corrected chi connectivity index (χ0v) is 11.6. The van der Waals surface area contributed by atoms with Crippen LogP contribution < -0.4 is 0 Å². The van der Waals surface area contributed by atoms with Crippen LogP contribution in [-0.4, -0.2) is 25.0 Å². The van der Waals surface area contributed by atoms with Crippen LogP contribution in [0.4, 0.5) is 8.78 Å². The minimum atomic E-state index is -3.05. The number of carbonyl (C=O) groups is 2. The van der Waals surface area contributed by atoms with Gasteiger partial charge in [0.05, 0.1) is 18.9 Å². The fourth-order valence-corrected chi connectivity index (χ4v) is 2.49. The van der Waals surface area contributed by atoms with E-state index in [1.54, 1.807) is 24.3 Å². The molecule has 1 saturated carbocycles. The zero-order valence-electron chi connectivity index (χ0n) is 11.6. The number of esters is 2. The Hall–Kier alpha value is -1.98. The number of rotatable bonds is 4. The molecule has 0 heterocycles. The van der Waals surface area contributed by atoms with Crippen LogP contribution >= 0.6 is 0 Å². The number of hydrogen-bond donors (Lipinski definition) is 0. The Morgan fingerprint density at radius 3 is 2.29 bits per heavy atom. The first-order valence-corrected chi connectivity index (χ1v) is 6.59. The van der Waals surface area contributed by atoms with Crippen LogP contribution in [0.3, 0.4) is 0 Å². The summed E-state index contributed by atoms with van der Waals surface area (Å²) in [6, 6.07) is 8.90. The van der Waals surface area contributed by atoms with Gasteiger partial charge in [0.2, 0.25) is 5.92 Å². The maximum Gasteiger partial charge on any atom is 0.310 e. The molecular weight excluding hydrogens is 282 g/mol. The molecule has 0 aliphatic heterocycles. The molecule has 2 unspecified atom stereocenters. The fourth-order valence-electron chi connectivity index (χ4n) is 2.49. The van der Waals surface area contributed by atoms with Crippen LogP contribution in [-0.2, 0) is 25.7 Å². The normalized spacial score (nSPS) is 23.6. The SMILES string of the molecule is COC(=O)C1CC(F)(F)CC1C(=O)OCc1ccccc1. The molecule has 21 heavy (non-hydrogen) atoms. The minimum absolute atomic E-state index is 0.00433. The molecule has 1 aliphatic carbocycles. The molecule has 0 amide bonds. The first-order valence-electron chi connectivity index (χ1n) is 6.59. The van der Waals surface area contributed by atoms with Crippen molar-refractivity contribution < 1.29 is 27.8 Å². The highest BCUT2D eigenvalue weighted by Crippen LogP contribution is 2.44. The van der Waals surface area contributed by atoms with Crippen LogP contribution in [0.1, 0.15) is 18.4 Å². The van der Waals surface area contributed by atoms with Crippen molar-refractivity contribution in [3.63, 3.8) is 0 Å². The van der Waals surface area contributed by atoms with E-state index in [0.717, 1.165) is 12.7 Å². The van der Waals surface area contributed by atoms with Gasteiger partial charge in [-0.25, -0.2) is 8.78 Å². The van der Waals surface area contributed by atoms with Gasteiger partial charge in [-0.15, -0.1) is 0 Å². The van der Waals surface area contributed by atoms with Crippen molar-refractivity contribution in [3.05, 3.63) is 35.9 Å². The van der Waals surface area contributed by atoms with Gasteiger partial charge in [-0.3, -0.25) is 9.59 Å². The second-order valence-corrected chi connectivity index (χ2v) is 5.09. The van der Waals surface area contributed by atoms with Crippen LogP contribution in [0, 0.1) is 11.8 Å². The summed E-state index contributed by atoms with van der Waals surface area (Å²) >= 11 is 0. The number of alkyl halides is 2. The number of benzene rings is 1. The lowest BCUT2D eigenvalue weighted by Crippen LogP contribution is -2.27. The third-order valence-corrected chi connectivity index (χ3v) is 3.55. The van der Waals surface area contributed by atoms with E-state index in [0.29, 0.717) is 0 Å². The summed E-state index contributed by atoms with van der Waals surface area (Å²) in [5.74, 6) is -6.93. The summed E-state index contributed by atoms with van der Waals surface area (Å²) in [5.41, 5.74) is 0.755. The molecule has 114 valence electrons. The first kappa shape index (κ1) is 15.4. The molecule has 6 heteroatoms. The third kappa shape index (κ3) is 3.77. The highest BCUT2D eigenvalue weighted by molar-refractivity contribution is 5.83. The molecule has 2 atom stereocenters. The molecule has 1 fully saturated rings. The lowest BCUT2D eigenvalue weighted by atomic mass is 9.96. The van der Waals surface area contributed by atoms with E-state index >= 15 is 0 Å². The fraction of sp³-hybridized carbons (Fsp3) is 0.467. The molecule has 0 radical (unpaired) electrons. The summed E-state index contributed by atoms with van der Waals surface area (Å²) in [4.78, 5) is 23.5. The van der Waals surface area contributed by atoms with Gasteiger partial charge in [0, 0.05) is 12.8 Å². The largest absolute Gasteiger partial charge is 0.469 e. The Kier molecular flexibility index (Phi) is 4.55.